The summed E-state index contributed by atoms with van der Waals surface area (Å²) in [6, 6.07) is 0. The van der Waals surface area contributed by atoms with Crippen LogP contribution in [0.2, 0.25) is 0 Å². The Bertz CT molecular complexity index is 550. The summed E-state index contributed by atoms with van der Waals surface area (Å²) in [6.07, 6.45) is 10.6. The molecule has 0 aliphatic carbocycles. The maximum atomic E-state index is 11.1. The van der Waals surface area contributed by atoms with Crippen molar-refractivity contribution in [1.29, 1.82) is 0 Å². The number of hydrogen-bond donors (Lipinski definition) is 3. The Morgan fingerprint density at radius 3 is 1.84 bits per heavy atom. The van der Waals surface area contributed by atoms with Crippen molar-refractivity contribution in [1.82, 2.24) is 0 Å². The summed E-state index contributed by atoms with van der Waals surface area (Å²) < 4.78 is 11.0. The second-order valence-corrected chi connectivity index (χ2v) is 8.61. The van der Waals surface area contributed by atoms with E-state index in [9.17, 15) is 9.36 Å². The molecule has 6 heteroatoms. The zero-order chi connectivity index (χ0) is 19.5. The number of aliphatic carboxylic acids is 1. The van der Waals surface area contributed by atoms with Crippen LogP contribution in [-0.4, -0.2) is 27.0 Å². The Hall–Kier alpha value is -1.16. The molecular formula is C19H33O5P. The van der Waals surface area contributed by atoms with E-state index >= 15 is 0 Å². The topological polar surface area (TPSA) is 94.8 Å². The molecule has 0 aromatic rings. The molecular weight excluding hydrogens is 339 g/mol. The number of hydrogen-bond acceptors (Lipinski definition) is 2. The smallest absolute Gasteiger partial charge is 0.326 e. The van der Waals surface area contributed by atoms with Crippen LogP contribution >= 0.6 is 7.60 Å². The summed E-state index contributed by atoms with van der Waals surface area (Å²) in [5.41, 5.74) is 3.89. The van der Waals surface area contributed by atoms with Crippen molar-refractivity contribution in [2.75, 3.05) is 6.16 Å². The molecule has 0 saturated carbocycles. The van der Waals surface area contributed by atoms with Crippen molar-refractivity contribution in [3.05, 3.63) is 34.9 Å². The Morgan fingerprint density at radius 1 is 0.920 bits per heavy atom. The monoisotopic (exact) mass is 372 g/mol. The van der Waals surface area contributed by atoms with Crippen LogP contribution in [0.25, 0.3) is 0 Å². The number of carbonyl (C=O) groups is 1. The fraction of sp³-hybridized carbons (Fsp3) is 0.632. The highest BCUT2D eigenvalue weighted by Crippen LogP contribution is 2.38. The van der Waals surface area contributed by atoms with E-state index < -0.39 is 25.6 Å². The molecule has 0 bridgehead atoms. The predicted octanol–water partition coefficient (Wildman–Crippen LogP) is 5.06. The average molecular weight is 372 g/mol. The van der Waals surface area contributed by atoms with E-state index in [1.165, 1.54) is 16.7 Å². The fourth-order valence-electron chi connectivity index (χ4n) is 2.45. The van der Waals surface area contributed by atoms with Gasteiger partial charge >= 0.3 is 13.6 Å². The highest BCUT2D eigenvalue weighted by Gasteiger charge is 2.26. The lowest BCUT2D eigenvalue weighted by Gasteiger charge is -2.12. The van der Waals surface area contributed by atoms with Crippen LogP contribution in [0.5, 0.6) is 0 Å². The summed E-state index contributed by atoms with van der Waals surface area (Å²) in [5, 5.41) is 9.03. The lowest BCUT2D eigenvalue weighted by molar-refractivity contribution is -0.141. The quantitative estimate of drug-likeness (QED) is 0.329. The third-order valence-corrected chi connectivity index (χ3v) is 4.85. The van der Waals surface area contributed by atoms with Gasteiger partial charge in [-0.3, -0.25) is 9.36 Å². The predicted molar refractivity (Wildman–Crippen MR) is 103 cm³/mol. The van der Waals surface area contributed by atoms with Gasteiger partial charge in [-0.2, -0.15) is 0 Å². The molecule has 0 aromatic heterocycles. The summed E-state index contributed by atoms with van der Waals surface area (Å²) in [7, 11) is -4.30. The molecule has 0 radical (unpaired) electrons. The second kappa shape index (κ2) is 12.2. The van der Waals surface area contributed by atoms with Gasteiger partial charge in [0.1, 0.15) is 0 Å². The lowest BCUT2D eigenvalue weighted by atomic mass is 10.0. The van der Waals surface area contributed by atoms with Crippen molar-refractivity contribution in [3.63, 3.8) is 0 Å². The highest BCUT2D eigenvalue weighted by molar-refractivity contribution is 7.51. The Labute approximate surface area is 151 Å². The molecule has 1 unspecified atom stereocenters. The van der Waals surface area contributed by atoms with Gasteiger partial charge < -0.3 is 14.9 Å². The Balaban J connectivity index is 4.25. The second-order valence-electron chi connectivity index (χ2n) is 6.92. The fourth-order valence-corrected chi connectivity index (χ4v) is 3.36. The van der Waals surface area contributed by atoms with Crippen LogP contribution in [0.4, 0.5) is 0 Å². The third-order valence-electron chi connectivity index (χ3n) is 3.94. The van der Waals surface area contributed by atoms with Crippen LogP contribution in [0.15, 0.2) is 34.9 Å². The zero-order valence-electron chi connectivity index (χ0n) is 15.9. The van der Waals surface area contributed by atoms with Crippen LogP contribution in [0.3, 0.4) is 0 Å². The minimum absolute atomic E-state index is 0.245. The summed E-state index contributed by atoms with van der Waals surface area (Å²) >= 11 is 0. The van der Waals surface area contributed by atoms with Crippen molar-refractivity contribution in [3.8, 4) is 0 Å². The molecule has 0 saturated heterocycles. The average Bonchev–Trinajstić information content (AvgIpc) is 2.44. The molecule has 3 N–H and O–H groups in total. The molecule has 0 heterocycles. The minimum Gasteiger partial charge on any atom is -0.481 e. The van der Waals surface area contributed by atoms with E-state index in [0.717, 1.165) is 25.7 Å². The molecule has 144 valence electrons. The molecule has 25 heavy (non-hydrogen) atoms. The number of allylic oxidation sites excluding steroid dienone is 6. The minimum atomic E-state index is -4.30. The van der Waals surface area contributed by atoms with Crippen LogP contribution in [-0.2, 0) is 9.36 Å². The van der Waals surface area contributed by atoms with Gasteiger partial charge in [-0.25, -0.2) is 0 Å². The number of carboxylic acids is 1. The summed E-state index contributed by atoms with van der Waals surface area (Å²) in [5.74, 6) is -2.15. The SMILES string of the molecule is CC(C)=CCC/C(C)=C/CC/C(C)=C/CCC(CP(=O)(O)O)C(=O)O. The van der Waals surface area contributed by atoms with Gasteiger partial charge in [-0.1, -0.05) is 34.9 Å². The normalized spacial score (nSPS) is 14.3. The van der Waals surface area contributed by atoms with Gasteiger partial charge in [0, 0.05) is 0 Å². The maximum absolute atomic E-state index is 11.1. The van der Waals surface area contributed by atoms with Crippen LogP contribution in [0.1, 0.15) is 66.2 Å². The van der Waals surface area contributed by atoms with Crippen LogP contribution < -0.4 is 0 Å². The molecule has 0 amide bonds. The van der Waals surface area contributed by atoms with E-state index in [1.807, 2.05) is 13.0 Å². The summed E-state index contributed by atoms with van der Waals surface area (Å²) in [6.45, 7) is 8.34. The Morgan fingerprint density at radius 2 is 1.40 bits per heavy atom. The van der Waals surface area contributed by atoms with E-state index in [1.54, 1.807) is 0 Å². The number of rotatable bonds is 12. The first-order valence-electron chi connectivity index (χ1n) is 8.73. The van der Waals surface area contributed by atoms with E-state index in [4.69, 9.17) is 14.9 Å². The molecule has 0 rings (SSSR count). The number of carboxylic acid groups (broad SMARTS) is 1. The molecule has 0 aliphatic heterocycles. The van der Waals surface area contributed by atoms with Gasteiger partial charge in [-0.05, 0) is 66.2 Å². The van der Waals surface area contributed by atoms with Crippen molar-refractivity contribution < 1.29 is 24.3 Å². The van der Waals surface area contributed by atoms with Gasteiger partial charge in [0.05, 0.1) is 12.1 Å². The maximum Gasteiger partial charge on any atom is 0.326 e. The van der Waals surface area contributed by atoms with Gasteiger partial charge in [-0.15, -0.1) is 0 Å². The Kier molecular flexibility index (Phi) is 11.7. The largest absolute Gasteiger partial charge is 0.481 e. The standard InChI is InChI=1S/C19H33O5P/c1-15(2)8-5-9-16(3)10-6-11-17(4)12-7-13-18(19(20)21)14-25(22,23)24/h8,10,12,18H,5-7,9,11,13-14H2,1-4H3,(H,20,21)(H2,22,23,24)/b16-10+,17-12+. The first-order chi connectivity index (χ1) is 11.5. The third kappa shape index (κ3) is 14.9. The van der Waals surface area contributed by atoms with Crippen LogP contribution in [0, 0.1) is 5.92 Å². The van der Waals surface area contributed by atoms with E-state index in [2.05, 4.69) is 32.9 Å². The molecule has 0 spiro atoms. The van der Waals surface area contributed by atoms with Gasteiger partial charge in [0.2, 0.25) is 0 Å². The van der Waals surface area contributed by atoms with Gasteiger partial charge in [0.15, 0.2) is 0 Å². The van der Waals surface area contributed by atoms with Crippen molar-refractivity contribution in [2.24, 2.45) is 5.92 Å². The highest BCUT2D eigenvalue weighted by atomic mass is 31.2. The first-order valence-corrected chi connectivity index (χ1v) is 10.5. The summed E-state index contributed by atoms with van der Waals surface area (Å²) in [4.78, 5) is 28.9. The van der Waals surface area contributed by atoms with Crippen molar-refractivity contribution in [2.45, 2.75) is 66.2 Å². The molecule has 5 nitrogen and oxygen atoms in total. The van der Waals surface area contributed by atoms with E-state index in [-0.39, 0.29) is 6.42 Å². The molecule has 0 fully saturated rings. The lowest BCUT2D eigenvalue weighted by Crippen LogP contribution is -2.17. The van der Waals surface area contributed by atoms with Gasteiger partial charge in [0.25, 0.3) is 0 Å². The van der Waals surface area contributed by atoms with E-state index in [0.29, 0.717) is 6.42 Å². The first kappa shape index (κ1) is 23.8. The molecule has 0 aliphatic rings. The molecule has 1 atom stereocenters. The zero-order valence-corrected chi connectivity index (χ0v) is 16.8. The molecule has 0 aromatic carbocycles. The van der Waals surface area contributed by atoms with Crippen molar-refractivity contribution >= 4 is 13.6 Å².